The topological polar surface area (TPSA) is 64.1 Å². The van der Waals surface area contributed by atoms with Crippen LogP contribution in [0, 0.1) is 0 Å². The molecule has 0 fully saturated rings. The molecule has 1 unspecified atom stereocenters. The molecule has 0 saturated heterocycles. The number of halogens is 3. The maximum atomic E-state index is 12.5. The van der Waals surface area contributed by atoms with Crippen LogP contribution in [0.5, 0.6) is 0 Å². The second-order valence-electron chi connectivity index (χ2n) is 4.53. The summed E-state index contributed by atoms with van der Waals surface area (Å²) in [6.45, 7) is -0.276. The van der Waals surface area contributed by atoms with Crippen molar-refractivity contribution in [1.82, 2.24) is 9.78 Å². The smallest absolute Gasteiger partial charge is 0.382 e. The van der Waals surface area contributed by atoms with Crippen LogP contribution < -0.4 is 5.73 Å². The molecular weight excluding hydrogens is 271 g/mol. The SMILES string of the molecule is NCC(O)(Cn1cc(C(F)(F)F)cn1)c1ccccc1. The van der Waals surface area contributed by atoms with Gasteiger partial charge in [-0.2, -0.15) is 18.3 Å². The van der Waals surface area contributed by atoms with Crippen molar-refractivity contribution in [3.8, 4) is 0 Å². The van der Waals surface area contributed by atoms with Crippen LogP contribution in [0.2, 0.25) is 0 Å². The highest BCUT2D eigenvalue weighted by Crippen LogP contribution is 2.29. The third-order valence-electron chi connectivity index (χ3n) is 3.03. The molecule has 0 aliphatic carbocycles. The molecule has 0 spiro atoms. The maximum Gasteiger partial charge on any atom is 0.419 e. The monoisotopic (exact) mass is 285 g/mol. The van der Waals surface area contributed by atoms with Crippen molar-refractivity contribution in [3.05, 3.63) is 53.9 Å². The van der Waals surface area contributed by atoms with E-state index in [-0.39, 0.29) is 13.1 Å². The second-order valence-corrected chi connectivity index (χ2v) is 4.53. The Kier molecular flexibility index (Phi) is 3.82. The van der Waals surface area contributed by atoms with Gasteiger partial charge in [0.25, 0.3) is 0 Å². The van der Waals surface area contributed by atoms with Gasteiger partial charge in [-0.3, -0.25) is 4.68 Å². The quantitative estimate of drug-likeness (QED) is 0.899. The maximum absolute atomic E-state index is 12.5. The van der Waals surface area contributed by atoms with E-state index in [0.29, 0.717) is 5.56 Å². The Morgan fingerprint density at radius 2 is 1.80 bits per heavy atom. The van der Waals surface area contributed by atoms with E-state index in [2.05, 4.69) is 5.10 Å². The number of aliphatic hydroxyl groups is 1. The van der Waals surface area contributed by atoms with E-state index >= 15 is 0 Å². The number of nitrogens with two attached hydrogens (primary N) is 1. The van der Waals surface area contributed by atoms with Gasteiger partial charge in [0.05, 0.1) is 18.3 Å². The van der Waals surface area contributed by atoms with Gasteiger partial charge in [0.15, 0.2) is 0 Å². The summed E-state index contributed by atoms with van der Waals surface area (Å²) in [5.41, 5.74) is 3.78. The molecule has 7 heteroatoms. The average Bonchev–Trinajstić information content (AvgIpc) is 2.88. The Hall–Kier alpha value is -1.86. The average molecular weight is 285 g/mol. The molecule has 1 heterocycles. The van der Waals surface area contributed by atoms with Crippen LogP contribution in [0.25, 0.3) is 0 Å². The van der Waals surface area contributed by atoms with Crippen molar-refractivity contribution in [2.24, 2.45) is 5.73 Å². The van der Waals surface area contributed by atoms with Gasteiger partial charge >= 0.3 is 6.18 Å². The highest BCUT2D eigenvalue weighted by Gasteiger charge is 2.34. The molecule has 1 atom stereocenters. The first-order valence-corrected chi connectivity index (χ1v) is 5.93. The highest BCUT2D eigenvalue weighted by atomic mass is 19.4. The molecule has 0 saturated carbocycles. The van der Waals surface area contributed by atoms with Crippen molar-refractivity contribution in [2.45, 2.75) is 18.3 Å². The van der Waals surface area contributed by atoms with Gasteiger partial charge in [-0.15, -0.1) is 0 Å². The van der Waals surface area contributed by atoms with E-state index in [0.717, 1.165) is 17.1 Å². The van der Waals surface area contributed by atoms with E-state index in [9.17, 15) is 18.3 Å². The Balaban J connectivity index is 2.25. The summed E-state index contributed by atoms with van der Waals surface area (Å²) < 4.78 is 38.5. The van der Waals surface area contributed by atoms with Gasteiger partial charge in [-0.05, 0) is 5.56 Å². The highest BCUT2D eigenvalue weighted by molar-refractivity contribution is 5.22. The Bertz CT molecular complexity index is 568. The lowest BCUT2D eigenvalue weighted by atomic mass is 9.94. The predicted octanol–water partition coefficient (Wildman–Crippen LogP) is 1.75. The fourth-order valence-corrected chi connectivity index (χ4v) is 1.89. The summed E-state index contributed by atoms with van der Waals surface area (Å²) in [5, 5.41) is 14.1. The summed E-state index contributed by atoms with van der Waals surface area (Å²) in [4.78, 5) is 0. The van der Waals surface area contributed by atoms with Gasteiger partial charge < -0.3 is 10.8 Å². The molecule has 3 N–H and O–H groups in total. The van der Waals surface area contributed by atoms with E-state index in [1.54, 1.807) is 30.3 Å². The van der Waals surface area contributed by atoms with Crippen LogP contribution >= 0.6 is 0 Å². The lowest BCUT2D eigenvalue weighted by Crippen LogP contribution is -2.39. The largest absolute Gasteiger partial charge is 0.419 e. The lowest BCUT2D eigenvalue weighted by Gasteiger charge is -2.27. The van der Waals surface area contributed by atoms with Crippen LogP contribution in [0.4, 0.5) is 13.2 Å². The number of benzene rings is 1. The first-order valence-electron chi connectivity index (χ1n) is 5.93. The zero-order valence-electron chi connectivity index (χ0n) is 10.5. The van der Waals surface area contributed by atoms with Gasteiger partial charge in [-0.1, -0.05) is 30.3 Å². The van der Waals surface area contributed by atoms with E-state index < -0.39 is 17.3 Å². The molecule has 4 nitrogen and oxygen atoms in total. The van der Waals surface area contributed by atoms with E-state index in [1.807, 2.05) is 0 Å². The van der Waals surface area contributed by atoms with Gasteiger partial charge in [0, 0.05) is 12.7 Å². The predicted molar refractivity (Wildman–Crippen MR) is 66.6 cm³/mol. The van der Waals surface area contributed by atoms with Crippen LogP contribution in [0.3, 0.4) is 0 Å². The zero-order chi connectivity index (χ0) is 14.8. The molecule has 1 aromatic heterocycles. The van der Waals surface area contributed by atoms with Crippen molar-refractivity contribution in [3.63, 3.8) is 0 Å². The number of hydrogen-bond acceptors (Lipinski definition) is 3. The van der Waals surface area contributed by atoms with Crippen LogP contribution in [0.1, 0.15) is 11.1 Å². The van der Waals surface area contributed by atoms with Crippen molar-refractivity contribution >= 4 is 0 Å². The lowest BCUT2D eigenvalue weighted by molar-refractivity contribution is -0.137. The normalized spacial score (nSPS) is 15.1. The number of aromatic nitrogens is 2. The number of alkyl halides is 3. The number of rotatable bonds is 4. The first-order chi connectivity index (χ1) is 9.35. The minimum absolute atomic E-state index is 0.127. The second kappa shape index (κ2) is 5.26. The summed E-state index contributed by atoms with van der Waals surface area (Å²) >= 11 is 0. The molecule has 0 bridgehead atoms. The van der Waals surface area contributed by atoms with Crippen LogP contribution in [0.15, 0.2) is 42.7 Å². The minimum atomic E-state index is -4.45. The van der Waals surface area contributed by atoms with Crippen LogP contribution in [-0.2, 0) is 18.3 Å². The molecular formula is C13H14F3N3O. The number of nitrogens with zero attached hydrogens (tertiary/aromatic N) is 2. The minimum Gasteiger partial charge on any atom is -0.382 e. The summed E-state index contributed by atoms with van der Waals surface area (Å²) in [5.74, 6) is 0. The van der Waals surface area contributed by atoms with Gasteiger partial charge in [0.2, 0.25) is 0 Å². The van der Waals surface area contributed by atoms with Crippen molar-refractivity contribution in [2.75, 3.05) is 6.54 Å². The summed E-state index contributed by atoms with van der Waals surface area (Å²) in [6, 6.07) is 8.55. The zero-order valence-corrected chi connectivity index (χ0v) is 10.5. The number of hydrogen-bond donors (Lipinski definition) is 2. The molecule has 108 valence electrons. The fourth-order valence-electron chi connectivity index (χ4n) is 1.89. The molecule has 0 aliphatic heterocycles. The summed E-state index contributed by atoms with van der Waals surface area (Å²) in [7, 11) is 0. The molecule has 0 aliphatic rings. The summed E-state index contributed by atoms with van der Waals surface area (Å²) in [6.07, 6.45) is -2.88. The molecule has 1 aromatic carbocycles. The third-order valence-corrected chi connectivity index (χ3v) is 3.03. The van der Waals surface area contributed by atoms with Crippen LogP contribution in [-0.4, -0.2) is 21.4 Å². The van der Waals surface area contributed by atoms with Gasteiger partial charge in [0.1, 0.15) is 5.60 Å². The molecule has 2 aromatic rings. The standard InChI is InChI=1S/C13H14F3N3O/c14-13(15,16)11-6-18-19(7-11)9-12(20,8-17)10-4-2-1-3-5-10/h1-7,20H,8-9,17H2. The molecule has 0 amide bonds. The van der Waals surface area contributed by atoms with Crippen molar-refractivity contribution in [1.29, 1.82) is 0 Å². The Morgan fingerprint density at radius 1 is 1.15 bits per heavy atom. The third kappa shape index (κ3) is 3.00. The Morgan fingerprint density at radius 3 is 2.30 bits per heavy atom. The molecule has 2 rings (SSSR count). The molecule has 20 heavy (non-hydrogen) atoms. The van der Waals surface area contributed by atoms with E-state index in [4.69, 9.17) is 5.73 Å². The Labute approximate surface area is 113 Å². The van der Waals surface area contributed by atoms with E-state index in [1.165, 1.54) is 0 Å². The first kappa shape index (κ1) is 14.5. The van der Waals surface area contributed by atoms with Crippen molar-refractivity contribution < 1.29 is 18.3 Å². The van der Waals surface area contributed by atoms with Gasteiger partial charge in [-0.25, -0.2) is 0 Å². The molecule has 0 radical (unpaired) electrons. The fraction of sp³-hybridized carbons (Fsp3) is 0.308.